The maximum absolute atomic E-state index is 13.3. The normalized spacial score (nSPS) is 14.6. The van der Waals surface area contributed by atoms with Gasteiger partial charge < -0.3 is 21.7 Å². The largest absolute Gasteiger partial charge is 0.430 e. The van der Waals surface area contributed by atoms with Crippen LogP contribution in [0, 0.1) is 0 Å². The predicted molar refractivity (Wildman–Crippen MR) is 102 cm³/mol. The molecule has 0 saturated carbocycles. The van der Waals surface area contributed by atoms with E-state index in [-0.39, 0.29) is 22.9 Å². The third-order valence-corrected chi connectivity index (χ3v) is 5.60. The number of benzene rings is 3. The quantitative estimate of drug-likeness (QED) is 0.188. The van der Waals surface area contributed by atoms with Crippen LogP contribution in [0.5, 0.6) is 0 Å². The van der Waals surface area contributed by atoms with Gasteiger partial charge in [-0.1, -0.05) is 12.1 Å². The summed E-state index contributed by atoms with van der Waals surface area (Å²) in [7, 11) is 0. The molecule has 0 amide bonds. The Morgan fingerprint density at radius 3 is 0.944 bits per heavy atom. The highest BCUT2D eigenvalue weighted by molar-refractivity contribution is 6.10. The SMILES string of the molecule is Nc1cc2c(ccc3cc(C(O)(C(F)(F)F)C(F)(F)F)c(N)cc32)cc1C(O)(C(F)(F)F)C(F)(F)F. The summed E-state index contributed by atoms with van der Waals surface area (Å²) >= 11 is 0. The van der Waals surface area contributed by atoms with Crippen LogP contribution in [0.25, 0.3) is 21.5 Å². The van der Waals surface area contributed by atoms with Crippen molar-refractivity contribution in [1.82, 2.24) is 0 Å². The van der Waals surface area contributed by atoms with Crippen molar-refractivity contribution in [1.29, 1.82) is 0 Å². The lowest BCUT2D eigenvalue weighted by Crippen LogP contribution is -2.54. The lowest BCUT2D eigenvalue weighted by atomic mass is 9.86. The second-order valence-electron chi connectivity index (χ2n) is 7.80. The molecule has 0 aliphatic rings. The summed E-state index contributed by atoms with van der Waals surface area (Å²) in [6.45, 7) is 0. The van der Waals surface area contributed by atoms with Gasteiger partial charge in [-0.15, -0.1) is 0 Å². The van der Waals surface area contributed by atoms with E-state index >= 15 is 0 Å². The first kappa shape index (κ1) is 27.4. The monoisotopic (exact) mass is 540 g/mol. The van der Waals surface area contributed by atoms with Gasteiger partial charge in [-0.05, 0) is 45.8 Å². The Bertz CT molecular complexity index is 1210. The van der Waals surface area contributed by atoms with Gasteiger partial charge in [0.25, 0.3) is 11.2 Å². The number of nitrogens with two attached hydrogens (primary N) is 2. The predicted octanol–water partition coefficient (Wildman–Crippen LogP) is 5.78. The van der Waals surface area contributed by atoms with E-state index in [4.69, 9.17) is 11.5 Å². The number of fused-ring (bicyclic) bond motifs is 3. The fraction of sp³-hybridized carbons (Fsp3) is 0.300. The molecule has 0 spiro atoms. The topological polar surface area (TPSA) is 92.5 Å². The first-order valence-electron chi connectivity index (χ1n) is 9.26. The summed E-state index contributed by atoms with van der Waals surface area (Å²) in [6.07, 6.45) is -25.1. The van der Waals surface area contributed by atoms with Crippen LogP contribution >= 0.6 is 0 Å². The van der Waals surface area contributed by atoms with Crippen molar-refractivity contribution in [3.63, 3.8) is 0 Å². The Morgan fingerprint density at radius 1 is 0.472 bits per heavy atom. The van der Waals surface area contributed by atoms with Gasteiger partial charge >= 0.3 is 24.7 Å². The first-order valence-corrected chi connectivity index (χ1v) is 9.26. The van der Waals surface area contributed by atoms with Crippen molar-refractivity contribution in [2.75, 3.05) is 11.5 Å². The summed E-state index contributed by atoms with van der Waals surface area (Å²) in [6, 6.07) is 3.05. The second kappa shape index (κ2) is 7.68. The summed E-state index contributed by atoms with van der Waals surface area (Å²) in [5.41, 5.74) is -6.12. The van der Waals surface area contributed by atoms with Gasteiger partial charge in [0.1, 0.15) is 0 Å². The number of nitrogen functional groups attached to an aromatic ring is 2. The molecule has 4 nitrogen and oxygen atoms in total. The molecule has 0 aliphatic carbocycles. The first-order chi connectivity index (χ1) is 16.0. The number of rotatable bonds is 2. The van der Waals surface area contributed by atoms with Gasteiger partial charge in [-0.2, -0.15) is 52.7 Å². The molecule has 0 radical (unpaired) electrons. The lowest BCUT2D eigenvalue weighted by molar-refractivity contribution is -0.376. The summed E-state index contributed by atoms with van der Waals surface area (Å²) in [5.74, 6) is 0. The van der Waals surface area contributed by atoms with Gasteiger partial charge in [-0.3, -0.25) is 0 Å². The molecule has 16 heteroatoms. The molecule has 0 aromatic heterocycles. The van der Waals surface area contributed by atoms with Crippen molar-refractivity contribution >= 4 is 32.9 Å². The van der Waals surface area contributed by atoms with Crippen LogP contribution in [0.3, 0.4) is 0 Å². The Kier molecular flexibility index (Phi) is 5.85. The van der Waals surface area contributed by atoms with Crippen molar-refractivity contribution in [3.05, 3.63) is 47.5 Å². The molecule has 0 heterocycles. The minimum Gasteiger partial charge on any atom is -0.398 e. The van der Waals surface area contributed by atoms with Gasteiger partial charge in [0.05, 0.1) is 0 Å². The Balaban J connectivity index is 2.37. The minimum atomic E-state index is -6.27. The van der Waals surface area contributed by atoms with Crippen molar-refractivity contribution in [3.8, 4) is 0 Å². The number of aliphatic hydroxyl groups is 2. The molecule has 3 aromatic rings. The highest BCUT2D eigenvalue weighted by Crippen LogP contribution is 2.54. The van der Waals surface area contributed by atoms with Crippen LogP contribution in [0.2, 0.25) is 0 Å². The zero-order valence-electron chi connectivity index (χ0n) is 17.0. The molecule has 3 rings (SSSR count). The average Bonchev–Trinajstić information content (AvgIpc) is 2.68. The highest BCUT2D eigenvalue weighted by atomic mass is 19.4. The molecular formula is C20H12F12N2O2. The molecule has 6 N–H and O–H groups in total. The third-order valence-electron chi connectivity index (χ3n) is 5.60. The van der Waals surface area contributed by atoms with Gasteiger partial charge in [-0.25, -0.2) is 0 Å². The number of anilines is 2. The van der Waals surface area contributed by atoms with Crippen molar-refractivity contribution in [2.24, 2.45) is 0 Å². The van der Waals surface area contributed by atoms with E-state index in [1.54, 1.807) is 0 Å². The Morgan fingerprint density at radius 2 is 0.722 bits per heavy atom. The molecule has 0 unspecified atom stereocenters. The van der Waals surface area contributed by atoms with E-state index < -0.39 is 69.2 Å². The van der Waals surface area contributed by atoms with Gasteiger partial charge in [0.15, 0.2) is 0 Å². The van der Waals surface area contributed by atoms with E-state index in [0.717, 1.165) is 12.1 Å². The van der Waals surface area contributed by atoms with E-state index in [1.165, 1.54) is 0 Å². The number of alkyl halides is 12. The van der Waals surface area contributed by atoms with Crippen molar-refractivity contribution < 1.29 is 62.9 Å². The zero-order chi connectivity index (χ0) is 27.9. The second-order valence-corrected chi connectivity index (χ2v) is 7.80. The third kappa shape index (κ3) is 3.73. The molecule has 0 bridgehead atoms. The van der Waals surface area contributed by atoms with E-state index in [0.29, 0.717) is 12.1 Å². The molecule has 0 saturated heterocycles. The van der Waals surface area contributed by atoms with Crippen LogP contribution in [0.4, 0.5) is 64.1 Å². The number of hydrogen-bond donors (Lipinski definition) is 4. The van der Waals surface area contributed by atoms with Crippen LogP contribution in [0.15, 0.2) is 36.4 Å². The van der Waals surface area contributed by atoms with Crippen LogP contribution in [-0.4, -0.2) is 34.9 Å². The summed E-state index contributed by atoms with van der Waals surface area (Å²) in [4.78, 5) is 0. The van der Waals surface area contributed by atoms with Crippen LogP contribution in [-0.2, 0) is 11.2 Å². The molecule has 198 valence electrons. The van der Waals surface area contributed by atoms with Crippen molar-refractivity contribution in [2.45, 2.75) is 35.9 Å². The molecule has 36 heavy (non-hydrogen) atoms. The molecular weight excluding hydrogens is 528 g/mol. The minimum absolute atomic E-state index is 0.233. The summed E-state index contributed by atoms with van der Waals surface area (Å²) < 4.78 is 159. The molecule has 0 atom stereocenters. The van der Waals surface area contributed by atoms with Crippen LogP contribution in [0.1, 0.15) is 11.1 Å². The Hall–Kier alpha value is -3.14. The fourth-order valence-corrected chi connectivity index (χ4v) is 3.75. The molecule has 0 aliphatic heterocycles. The molecule has 0 fully saturated rings. The Labute approximate surface area is 191 Å². The average molecular weight is 540 g/mol. The number of halogens is 12. The van der Waals surface area contributed by atoms with Gasteiger partial charge in [0, 0.05) is 22.5 Å². The fourth-order valence-electron chi connectivity index (χ4n) is 3.75. The smallest absolute Gasteiger partial charge is 0.398 e. The summed E-state index contributed by atoms with van der Waals surface area (Å²) in [5, 5.41) is 17.7. The van der Waals surface area contributed by atoms with E-state index in [2.05, 4.69) is 0 Å². The van der Waals surface area contributed by atoms with Crippen LogP contribution < -0.4 is 11.5 Å². The van der Waals surface area contributed by atoms with E-state index in [1.807, 2.05) is 0 Å². The maximum Gasteiger partial charge on any atom is 0.430 e. The maximum atomic E-state index is 13.3. The lowest BCUT2D eigenvalue weighted by Gasteiger charge is -2.34. The van der Waals surface area contributed by atoms with E-state index in [9.17, 15) is 62.9 Å². The standard InChI is InChI=1S/C20H12F12N2O2/c21-17(22,23)15(35,18(24,25)26)11-3-7-1-2-8-4-12(16(36,19(27,28)29)20(30,31)32)14(34)6-10(8)9(7)5-13(11)33/h1-6,35-36H,33-34H2. The molecule has 3 aromatic carbocycles. The zero-order valence-corrected chi connectivity index (χ0v) is 17.0. The highest BCUT2D eigenvalue weighted by Gasteiger charge is 2.73. The number of hydrogen-bond acceptors (Lipinski definition) is 4. The van der Waals surface area contributed by atoms with Gasteiger partial charge in [0.2, 0.25) is 0 Å².